The number of benzene rings is 1. The molecule has 144 valence electrons. The molecule has 1 spiro atoms. The molecule has 2 saturated heterocycles. The molecule has 1 aromatic carbocycles. The molecule has 0 atom stereocenters. The highest BCUT2D eigenvalue weighted by Gasteiger charge is 2.39. The van der Waals surface area contributed by atoms with Gasteiger partial charge in [0.2, 0.25) is 11.8 Å². The normalized spacial score (nSPS) is 20.0. The predicted octanol–water partition coefficient (Wildman–Crippen LogP) is 2.38. The third-order valence-electron chi connectivity index (χ3n) is 5.58. The molecule has 0 amide bonds. The molecule has 0 bridgehead atoms. The van der Waals surface area contributed by atoms with Crippen LogP contribution >= 0.6 is 0 Å². The Kier molecular flexibility index (Phi) is 5.27. The number of aromatic nitrogens is 2. The Balaban J connectivity index is 1.49. The summed E-state index contributed by atoms with van der Waals surface area (Å²) in [6.45, 7) is 4.68. The van der Waals surface area contributed by atoms with Gasteiger partial charge < -0.3 is 19.3 Å². The van der Waals surface area contributed by atoms with E-state index in [9.17, 15) is 0 Å². The SMILES string of the molecule is COc1cc(Cc2ccccc2)nc(N2CCC3(CC2)CN(C)CCO3)n1. The monoisotopic (exact) mass is 368 g/mol. The molecule has 4 rings (SSSR count). The molecule has 27 heavy (non-hydrogen) atoms. The third-order valence-corrected chi connectivity index (χ3v) is 5.58. The topological polar surface area (TPSA) is 50.7 Å². The van der Waals surface area contributed by atoms with Crippen LogP contribution in [0.5, 0.6) is 5.88 Å². The molecule has 0 radical (unpaired) electrons. The van der Waals surface area contributed by atoms with E-state index in [0.29, 0.717) is 5.88 Å². The smallest absolute Gasteiger partial charge is 0.228 e. The quantitative estimate of drug-likeness (QED) is 0.826. The maximum Gasteiger partial charge on any atom is 0.228 e. The van der Waals surface area contributed by atoms with E-state index in [1.165, 1.54) is 5.56 Å². The average Bonchev–Trinajstić information content (AvgIpc) is 2.69. The number of rotatable bonds is 4. The first-order chi connectivity index (χ1) is 13.2. The molecule has 0 unspecified atom stereocenters. The summed E-state index contributed by atoms with van der Waals surface area (Å²) < 4.78 is 11.6. The van der Waals surface area contributed by atoms with Crippen LogP contribution in [0.15, 0.2) is 36.4 Å². The Hall–Kier alpha value is -2.18. The second-order valence-electron chi connectivity index (χ2n) is 7.62. The van der Waals surface area contributed by atoms with E-state index >= 15 is 0 Å². The molecule has 0 N–H and O–H groups in total. The molecule has 2 aromatic rings. The Bertz CT molecular complexity index is 760. The highest BCUT2D eigenvalue weighted by atomic mass is 16.5. The van der Waals surface area contributed by atoms with E-state index < -0.39 is 0 Å². The van der Waals surface area contributed by atoms with Crippen LogP contribution in [0.1, 0.15) is 24.1 Å². The molecule has 0 saturated carbocycles. The van der Waals surface area contributed by atoms with E-state index in [2.05, 4.69) is 46.1 Å². The summed E-state index contributed by atoms with van der Waals surface area (Å²) in [5, 5.41) is 0. The average molecular weight is 368 g/mol. The lowest BCUT2D eigenvalue weighted by Gasteiger charge is -2.46. The summed E-state index contributed by atoms with van der Waals surface area (Å²) in [7, 11) is 3.84. The predicted molar refractivity (Wildman–Crippen MR) is 105 cm³/mol. The maximum atomic E-state index is 6.17. The van der Waals surface area contributed by atoms with Gasteiger partial charge in [-0.05, 0) is 25.5 Å². The number of anilines is 1. The van der Waals surface area contributed by atoms with Gasteiger partial charge in [-0.2, -0.15) is 4.98 Å². The fraction of sp³-hybridized carbons (Fsp3) is 0.524. The Morgan fingerprint density at radius 3 is 2.59 bits per heavy atom. The van der Waals surface area contributed by atoms with Gasteiger partial charge in [0, 0.05) is 38.7 Å². The highest BCUT2D eigenvalue weighted by molar-refractivity contribution is 5.37. The van der Waals surface area contributed by atoms with Gasteiger partial charge in [0.25, 0.3) is 0 Å². The van der Waals surface area contributed by atoms with Gasteiger partial charge in [-0.3, -0.25) is 0 Å². The van der Waals surface area contributed by atoms with Crippen molar-refractivity contribution < 1.29 is 9.47 Å². The van der Waals surface area contributed by atoms with Gasteiger partial charge in [0.05, 0.1) is 25.0 Å². The Morgan fingerprint density at radius 1 is 1.11 bits per heavy atom. The zero-order valence-electron chi connectivity index (χ0n) is 16.2. The lowest BCUT2D eigenvalue weighted by molar-refractivity contribution is -0.115. The standard InChI is InChI=1S/C21H28N4O2/c1-24-12-13-27-21(16-24)8-10-25(11-9-21)20-22-18(15-19(23-20)26-2)14-17-6-4-3-5-7-17/h3-7,15H,8-14,16H2,1-2H3. The van der Waals surface area contributed by atoms with E-state index in [4.69, 9.17) is 14.5 Å². The second-order valence-corrected chi connectivity index (χ2v) is 7.62. The molecule has 1 aromatic heterocycles. The van der Waals surface area contributed by atoms with E-state index in [1.807, 2.05) is 12.1 Å². The first-order valence-corrected chi connectivity index (χ1v) is 9.69. The Morgan fingerprint density at radius 2 is 1.89 bits per heavy atom. The van der Waals surface area contributed by atoms with Crippen LogP contribution in [-0.2, 0) is 11.2 Å². The van der Waals surface area contributed by atoms with Gasteiger partial charge in [-0.25, -0.2) is 4.98 Å². The van der Waals surface area contributed by atoms with Crippen LogP contribution in [0, 0.1) is 0 Å². The first-order valence-electron chi connectivity index (χ1n) is 9.69. The molecule has 2 aliphatic heterocycles. The van der Waals surface area contributed by atoms with Crippen LogP contribution in [0.4, 0.5) is 5.95 Å². The van der Waals surface area contributed by atoms with E-state index in [1.54, 1.807) is 7.11 Å². The summed E-state index contributed by atoms with van der Waals surface area (Å²) >= 11 is 0. The largest absolute Gasteiger partial charge is 0.481 e. The number of methoxy groups -OCH3 is 1. The molecule has 3 heterocycles. The zero-order valence-corrected chi connectivity index (χ0v) is 16.2. The van der Waals surface area contributed by atoms with Gasteiger partial charge in [0.15, 0.2) is 0 Å². The van der Waals surface area contributed by atoms with E-state index in [-0.39, 0.29) is 5.60 Å². The molecule has 6 nitrogen and oxygen atoms in total. The highest BCUT2D eigenvalue weighted by Crippen LogP contribution is 2.31. The summed E-state index contributed by atoms with van der Waals surface area (Å²) in [6.07, 6.45) is 2.79. The van der Waals surface area contributed by atoms with Crippen molar-refractivity contribution in [1.29, 1.82) is 0 Å². The minimum atomic E-state index is -0.00473. The van der Waals surface area contributed by atoms with Gasteiger partial charge in [-0.15, -0.1) is 0 Å². The summed E-state index contributed by atoms with van der Waals surface area (Å²) in [6, 6.07) is 12.3. The number of morpholine rings is 1. The van der Waals surface area contributed by atoms with Crippen molar-refractivity contribution in [2.75, 3.05) is 51.8 Å². The van der Waals surface area contributed by atoms with Crippen LogP contribution < -0.4 is 9.64 Å². The number of piperidine rings is 1. The molecular weight excluding hydrogens is 340 g/mol. The molecular formula is C21H28N4O2. The molecule has 2 fully saturated rings. The number of hydrogen-bond donors (Lipinski definition) is 0. The molecule has 2 aliphatic rings. The Labute approximate surface area is 161 Å². The van der Waals surface area contributed by atoms with Crippen molar-refractivity contribution in [2.45, 2.75) is 24.9 Å². The van der Waals surface area contributed by atoms with Gasteiger partial charge in [-0.1, -0.05) is 30.3 Å². The summed E-state index contributed by atoms with van der Waals surface area (Å²) in [4.78, 5) is 14.1. The van der Waals surface area contributed by atoms with Crippen molar-refractivity contribution >= 4 is 5.95 Å². The fourth-order valence-corrected chi connectivity index (χ4v) is 4.05. The van der Waals surface area contributed by atoms with E-state index in [0.717, 1.165) is 63.7 Å². The molecule has 6 heteroatoms. The van der Waals surface area contributed by atoms with Crippen molar-refractivity contribution in [1.82, 2.24) is 14.9 Å². The van der Waals surface area contributed by atoms with Crippen LogP contribution in [0.3, 0.4) is 0 Å². The van der Waals surface area contributed by atoms with Crippen LogP contribution in [0.2, 0.25) is 0 Å². The number of ether oxygens (including phenoxy) is 2. The number of nitrogens with zero attached hydrogens (tertiary/aromatic N) is 4. The second kappa shape index (κ2) is 7.82. The van der Waals surface area contributed by atoms with Crippen molar-refractivity contribution in [3.8, 4) is 5.88 Å². The number of hydrogen-bond acceptors (Lipinski definition) is 6. The fourth-order valence-electron chi connectivity index (χ4n) is 4.05. The zero-order chi connectivity index (χ0) is 18.7. The lowest BCUT2D eigenvalue weighted by Crippen LogP contribution is -2.56. The maximum absolute atomic E-state index is 6.17. The van der Waals surface area contributed by atoms with Gasteiger partial charge in [0.1, 0.15) is 0 Å². The minimum absolute atomic E-state index is 0.00473. The first kappa shape index (κ1) is 18.2. The van der Waals surface area contributed by atoms with Crippen molar-refractivity contribution in [3.63, 3.8) is 0 Å². The van der Waals surface area contributed by atoms with Crippen LogP contribution in [-0.4, -0.2) is 67.4 Å². The summed E-state index contributed by atoms with van der Waals surface area (Å²) in [5.41, 5.74) is 2.22. The lowest BCUT2D eigenvalue weighted by atomic mass is 9.89. The van der Waals surface area contributed by atoms with Crippen molar-refractivity contribution in [3.05, 3.63) is 47.7 Å². The molecule has 0 aliphatic carbocycles. The van der Waals surface area contributed by atoms with Gasteiger partial charge >= 0.3 is 0 Å². The third kappa shape index (κ3) is 4.22. The van der Waals surface area contributed by atoms with Crippen LogP contribution in [0.25, 0.3) is 0 Å². The minimum Gasteiger partial charge on any atom is -0.481 e. The summed E-state index contributed by atoms with van der Waals surface area (Å²) in [5.74, 6) is 1.39. The number of likely N-dealkylation sites (N-methyl/N-ethyl adjacent to an activating group) is 1. The van der Waals surface area contributed by atoms with Crippen molar-refractivity contribution in [2.24, 2.45) is 0 Å².